The second-order valence-electron chi connectivity index (χ2n) is 6.03. The van der Waals surface area contributed by atoms with Crippen LogP contribution in [0.1, 0.15) is 69.7 Å². The summed E-state index contributed by atoms with van der Waals surface area (Å²) in [5.41, 5.74) is 6.40. The summed E-state index contributed by atoms with van der Waals surface area (Å²) >= 11 is 0. The van der Waals surface area contributed by atoms with Crippen molar-refractivity contribution in [1.29, 1.82) is 0 Å². The fourth-order valence-corrected chi connectivity index (χ4v) is 1.81. The molecule has 5 nitrogen and oxygen atoms in total. The highest BCUT2D eigenvalue weighted by molar-refractivity contribution is 5.97. The van der Waals surface area contributed by atoms with Crippen LogP contribution >= 0.6 is 0 Å². The highest BCUT2D eigenvalue weighted by Gasteiger charge is 2.16. The summed E-state index contributed by atoms with van der Waals surface area (Å²) in [7, 11) is 0. The molecule has 0 saturated carbocycles. The molecular weight excluding hydrogens is 252 g/mol. The zero-order valence-electron chi connectivity index (χ0n) is 13.1. The molecular formula is C15H26N4O. The van der Waals surface area contributed by atoms with Gasteiger partial charge >= 0.3 is 0 Å². The number of anilines is 1. The maximum absolute atomic E-state index is 12.2. The molecule has 1 aromatic heterocycles. The first-order valence-corrected chi connectivity index (χ1v) is 7.24. The third-order valence-electron chi connectivity index (χ3n) is 3.12. The number of nitrogens with two attached hydrogens (primary N) is 1. The molecule has 112 valence electrons. The van der Waals surface area contributed by atoms with Crippen molar-refractivity contribution in [1.82, 2.24) is 15.3 Å². The van der Waals surface area contributed by atoms with E-state index in [4.69, 9.17) is 5.73 Å². The minimum absolute atomic E-state index is 0.113. The second-order valence-corrected chi connectivity index (χ2v) is 6.03. The number of carbonyl (C=O) groups excluding carboxylic acids is 1. The lowest BCUT2D eigenvalue weighted by Gasteiger charge is -2.16. The lowest BCUT2D eigenvalue weighted by Crippen LogP contribution is -2.34. The predicted molar refractivity (Wildman–Crippen MR) is 81.5 cm³/mol. The van der Waals surface area contributed by atoms with E-state index in [1.54, 1.807) is 0 Å². The van der Waals surface area contributed by atoms with Crippen molar-refractivity contribution in [2.24, 2.45) is 5.92 Å². The van der Waals surface area contributed by atoms with Gasteiger partial charge in [-0.25, -0.2) is 9.97 Å². The summed E-state index contributed by atoms with van der Waals surface area (Å²) < 4.78 is 0. The molecule has 1 unspecified atom stereocenters. The smallest absolute Gasteiger partial charge is 0.272 e. The first-order valence-electron chi connectivity index (χ1n) is 7.24. The van der Waals surface area contributed by atoms with Crippen LogP contribution in [0.3, 0.4) is 0 Å². The zero-order chi connectivity index (χ0) is 15.3. The first-order chi connectivity index (χ1) is 9.31. The summed E-state index contributed by atoms with van der Waals surface area (Å²) in [6.45, 7) is 10.3. The quantitative estimate of drug-likeness (QED) is 0.838. The Balaban J connectivity index is 2.74. The molecule has 0 fully saturated rings. The van der Waals surface area contributed by atoms with Crippen molar-refractivity contribution in [3.8, 4) is 0 Å². The van der Waals surface area contributed by atoms with Crippen LogP contribution in [0.15, 0.2) is 6.20 Å². The molecule has 0 aliphatic heterocycles. The molecule has 5 heteroatoms. The van der Waals surface area contributed by atoms with Gasteiger partial charge in [0.25, 0.3) is 5.91 Å². The van der Waals surface area contributed by atoms with Crippen LogP contribution in [0.2, 0.25) is 0 Å². The van der Waals surface area contributed by atoms with Gasteiger partial charge in [0.2, 0.25) is 0 Å². The van der Waals surface area contributed by atoms with E-state index in [1.807, 2.05) is 20.8 Å². The number of aromatic nitrogens is 2. The molecule has 1 atom stereocenters. The van der Waals surface area contributed by atoms with Crippen LogP contribution in [0.5, 0.6) is 0 Å². The van der Waals surface area contributed by atoms with E-state index >= 15 is 0 Å². The highest BCUT2D eigenvalue weighted by Crippen LogP contribution is 2.14. The van der Waals surface area contributed by atoms with Gasteiger partial charge in [-0.05, 0) is 25.7 Å². The Morgan fingerprint density at radius 2 is 1.90 bits per heavy atom. The summed E-state index contributed by atoms with van der Waals surface area (Å²) in [6, 6.07) is 0.113. The Morgan fingerprint density at radius 3 is 2.45 bits per heavy atom. The molecule has 0 bridgehead atoms. The van der Waals surface area contributed by atoms with E-state index < -0.39 is 0 Å². The SMILES string of the molecule is CC(C)CCC(C)NC(=O)c1nc(C(C)C)ncc1N. The average Bonchev–Trinajstić information content (AvgIpc) is 2.36. The van der Waals surface area contributed by atoms with Gasteiger partial charge in [-0.15, -0.1) is 0 Å². The number of nitrogens with zero attached hydrogens (tertiary/aromatic N) is 2. The van der Waals surface area contributed by atoms with Gasteiger partial charge in [0.05, 0.1) is 11.9 Å². The number of carbonyl (C=O) groups is 1. The van der Waals surface area contributed by atoms with Crippen molar-refractivity contribution in [2.75, 3.05) is 5.73 Å². The summed E-state index contributed by atoms with van der Waals surface area (Å²) in [6.07, 6.45) is 3.54. The van der Waals surface area contributed by atoms with Crippen LogP contribution < -0.4 is 11.1 Å². The fraction of sp³-hybridized carbons (Fsp3) is 0.667. The lowest BCUT2D eigenvalue weighted by atomic mass is 10.0. The van der Waals surface area contributed by atoms with Gasteiger partial charge in [-0.2, -0.15) is 0 Å². The van der Waals surface area contributed by atoms with E-state index in [1.165, 1.54) is 6.20 Å². The largest absolute Gasteiger partial charge is 0.396 e. The van der Waals surface area contributed by atoms with Gasteiger partial charge in [0.15, 0.2) is 5.69 Å². The fourth-order valence-electron chi connectivity index (χ4n) is 1.81. The highest BCUT2D eigenvalue weighted by atomic mass is 16.2. The van der Waals surface area contributed by atoms with Gasteiger partial charge in [-0.3, -0.25) is 4.79 Å². The minimum Gasteiger partial charge on any atom is -0.396 e. The Hall–Kier alpha value is -1.65. The molecule has 1 aromatic rings. The molecule has 3 N–H and O–H groups in total. The third kappa shape index (κ3) is 4.79. The minimum atomic E-state index is -0.219. The number of rotatable bonds is 6. The van der Waals surface area contributed by atoms with E-state index in [0.29, 0.717) is 17.4 Å². The van der Waals surface area contributed by atoms with Crippen LogP contribution in [0.25, 0.3) is 0 Å². The summed E-state index contributed by atoms with van der Waals surface area (Å²) in [4.78, 5) is 20.6. The maximum atomic E-state index is 12.2. The average molecular weight is 278 g/mol. The van der Waals surface area contributed by atoms with Crippen LogP contribution in [-0.4, -0.2) is 21.9 Å². The zero-order valence-corrected chi connectivity index (χ0v) is 13.1. The molecule has 0 radical (unpaired) electrons. The molecule has 0 saturated heterocycles. The normalized spacial score (nSPS) is 12.8. The van der Waals surface area contributed by atoms with E-state index in [-0.39, 0.29) is 23.6 Å². The molecule has 1 heterocycles. The van der Waals surface area contributed by atoms with E-state index in [0.717, 1.165) is 12.8 Å². The standard InChI is InChI=1S/C15H26N4O/c1-9(2)6-7-11(5)18-15(20)13-12(16)8-17-14(19-13)10(3)4/h8-11H,6-7,16H2,1-5H3,(H,18,20). The van der Waals surface area contributed by atoms with Gasteiger partial charge < -0.3 is 11.1 Å². The Bertz CT molecular complexity index is 457. The Labute approximate surface area is 121 Å². The summed E-state index contributed by atoms with van der Waals surface area (Å²) in [5.74, 6) is 1.22. The monoisotopic (exact) mass is 278 g/mol. The number of nitrogens with one attached hydrogen (secondary N) is 1. The first kappa shape index (κ1) is 16.4. The predicted octanol–water partition coefficient (Wildman–Crippen LogP) is 2.74. The third-order valence-corrected chi connectivity index (χ3v) is 3.12. The van der Waals surface area contributed by atoms with Crippen molar-refractivity contribution in [3.05, 3.63) is 17.7 Å². The molecule has 20 heavy (non-hydrogen) atoms. The van der Waals surface area contributed by atoms with Crippen molar-refractivity contribution in [3.63, 3.8) is 0 Å². The van der Waals surface area contributed by atoms with Crippen molar-refractivity contribution in [2.45, 2.75) is 59.4 Å². The van der Waals surface area contributed by atoms with Gasteiger partial charge in [-0.1, -0.05) is 27.7 Å². The number of hydrogen-bond donors (Lipinski definition) is 2. The molecule has 0 aliphatic carbocycles. The van der Waals surface area contributed by atoms with Gasteiger partial charge in [0, 0.05) is 12.0 Å². The Kier molecular flexibility index (Phi) is 5.92. The number of amides is 1. The van der Waals surface area contributed by atoms with Crippen LogP contribution in [0, 0.1) is 5.92 Å². The summed E-state index contributed by atoms with van der Waals surface area (Å²) in [5, 5.41) is 2.95. The topological polar surface area (TPSA) is 80.9 Å². The molecule has 0 aliphatic rings. The van der Waals surface area contributed by atoms with E-state index in [2.05, 4.69) is 29.1 Å². The van der Waals surface area contributed by atoms with Crippen LogP contribution in [-0.2, 0) is 0 Å². The van der Waals surface area contributed by atoms with Crippen molar-refractivity contribution >= 4 is 11.6 Å². The Morgan fingerprint density at radius 1 is 1.25 bits per heavy atom. The lowest BCUT2D eigenvalue weighted by molar-refractivity contribution is 0.0932. The van der Waals surface area contributed by atoms with Gasteiger partial charge in [0.1, 0.15) is 5.82 Å². The number of nitrogen functional groups attached to an aromatic ring is 1. The van der Waals surface area contributed by atoms with E-state index in [9.17, 15) is 4.79 Å². The molecule has 1 amide bonds. The van der Waals surface area contributed by atoms with Crippen LogP contribution in [0.4, 0.5) is 5.69 Å². The maximum Gasteiger partial charge on any atom is 0.272 e. The van der Waals surface area contributed by atoms with Crippen molar-refractivity contribution < 1.29 is 4.79 Å². The molecule has 1 rings (SSSR count). The molecule has 0 spiro atoms. The number of hydrogen-bond acceptors (Lipinski definition) is 4. The molecule has 0 aromatic carbocycles. The second kappa shape index (κ2) is 7.22.